The van der Waals surface area contributed by atoms with E-state index in [1.807, 2.05) is 29.6 Å². The third-order valence-corrected chi connectivity index (χ3v) is 5.93. The summed E-state index contributed by atoms with van der Waals surface area (Å²) in [6.45, 7) is 1.64. The number of hydrogen-bond donors (Lipinski definition) is 2. The summed E-state index contributed by atoms with van der Waals surface area (Å²) in [5.74, 6) is -0.201. The van der Waals surface area contributed by atoms with E-state index >= 15 is 0 Å². The fourth-order valence-corrected chi connectivity index (χ4v) is 4.32. The molecule has 1 amide bonds. The molecule has 0 saturated heterocycles. The fraction of sp³-hybridized carbons (Fsp3) is 0.118. The topological polar surface area (TPSA) is 75.3 Å². The molecule has 0 aliphatic rings. The summed E-state index contributed by atoms with van der Waals surface area (Å²) in [7, 11) is -3.61. The molecule has 1 aromatic heterocycles. The summed E-state index contributed by atoms with van der Waals surface area (Å²) in [4.78, 5) is 11.2. The zero-order valence-electron chi connectivity index (χ0n) is 12.9. The number of hydrogen-bond acceptors (Lipinski definition) is 4. The lowest BCUT2D eigenvalue weighted by Gasteiger charge is -2.08. The Morgan fingerprint density at radius 1 is 1.08 bits per heavy atom. The smallest absolute Gasteiger partial charge is 0.240 e. The van der Waals surface area contributed by atoms with Gasteiger partial charge in [0.2, 0.25) is 15.9 Å². The van der Waals surface area contributed by atoms with Gasteiger partial charge in [-0.15, -0.1) is 11.3 Å². The predicted octanol–water partition coefficient (Wildman–Crippen LogP) is 3.34. The van der Waals surface area contributed by atoms with Crippen LogP contribution < -0.4 is 10.0 Å². The minimum atomic E-state index is -3.61. The molecule has 0 unspecified atom stereocenters. The molecule has 3 rings (SSSR count). The van der Waals surface area contributed by atoms with Gasteiger partial charge in [-0.2, -0.15) is 0 Å². The molecule has 24 heavy (non-hydrogen) atoms. The standard InChI is InChI=1S/C17H16N2O3S2/c1-12(20)19-14-6-8-15(9-7-14)24(21,22)18-10-13-11-23-17-5-3-2-4-16(13)17/h2-9,11,18H,10H2,1H3,(H,19,20). The zero-order chi connectivity index (χ0) is 17.2. The van der Waals surface area contributed by atoms with Crippen molar-refractivity contribution in [1.82, 2.24) is 4.72 Å². The Labute approximate surface area is 144 Å². The first-order chi connectivity index (χ1) is 11.5. The minimum Gasteiger partial charge on any atom is -0.326 e. The average molecular weight is 360 g/mol. The van der Waals surface area contributed by atoms with Crippen molar-refractivity contribution >= 4 is 43.0 Å². The van der Waals surface area contributed by atoms with Gasteiger partial charge >= 0.3 is 0 Å². The van der Waals surface area contributed by atoms with E-state index in [-0.39, 0.29) is 17.3 Å². The van der Waals surface area contributed by atoms with Crippen LogP contribution in [-0.4, -0.2) is 14.3 Å². The lowest BCUT2D eigenvalue weighted by atomic mass is 10.2. The number of anilines is 1. The Kier molecular flexibility index (Phi) is 4.66. The number of benzene rings is 2. The van der Waals surface area contributed by atoms with Crippen LogP contribution in [0.5, 0.6) is 0 Å². The normalized spacial score (nSPS) is 11.5. The maximum atomic E-state index is 12.4. The molecule has 0 atom stereocenters. The van der Waals surface area contributed by atoms with Gasteiger partial charge in [0.05, 0.1) is 4.90 Å². The third-order valence-electron chi connectivity index (χ3n) is 3.50. The number of thiophene rings is 1. The Morgan fingerprint density at radius 2 is 1.79 bits per heavy atom. The Bertz CT molecular complexity index is 976. The van der Waals surface area contributed by atoms with Crippen molar-refractivity contribution in [2.24, 2.45) is 0 Å². The molecular formula is C17H16N2O3S2. The van der Waals surface area contributed by atoms with E-state index in [1.54, 1.807) is 23.5 Å². The maximum Gasteiger partial charge on any atom is 0.240 e. The molecule has 5 nitrogen and oxygen atoms in total. The number of rotatable bonds is 5. The van der Waals surface area contributed by atoms with Crippen LogP contribution in [0, 0.1) is 0 Å². The van der Waals surface area contributed by atoms with E-state index in [0.717, 1.165) is 15.6 Å². The number of carbonyl (C=O) groups is 1. The summed E-state index contributed by atoms with van der Waals surface area (Å²) >= 11 is 1.59. The van der Waals surface area contributed by atoms with Crippen LogP contribution in [0.4, 0.5) is 5.69 Å². The number of carbonyl (C=O) groups excluding carboxylic acids is 1. The first-order valence-corrected chi connectivity index (χ1v) is 9.64. The van der Waals surface area contributed by atoms with Crippen LogP contribution in [0.15, 0.2) is 58.8 Å². The number of nitrogens with one attached hydrogen (secondary N) is 2. The molecule has 1 heterocycles. The molecule has 0 bridgehead atoms. The predicted molar refractivity (Wildman–Crippen MR) is 96.6 cm³/mol. The van der Waals surface area contributed by atoms with E-state index in [2.05, 4.69) is 10.0 Å². The highest BCUT2D eigenvalue weighted by Gasteiger charge is 2.15. The van der Waals surface area contributed by atoms with E-state index in [9.17, 15) is 13.2 Å². The number of fused-ring (bicyclic) bond motifs is 1. The van der Waals surface area contributed by atoms with Gasteiger partial charge in [0, 0.05) is 23.9 Å². The summed E-state index contributed by atoms with van der Waals surface area (Å²) in [6, 6.07) is 14.0. The van der Waals surface area contributed by atoms with Gasteiger partial charge < -0.3 is 5.32 Å². The highest BCUT2D eigenvalue weighted by molar-refractivity contribution is 7.89. The molecule has 124 valence electrons. The molecule has 0 fully saturated rings. The van der Waals surface area contributed by atoms with Crippen LogP contribution in [0.1, 0.15) is 12.5 Å². The lowest BCUT2D eigenvalue weighted by molar-refractivity contribution is -0.114. The van der Waals surface area contributed by atoms with Gasteiger partial charge in [0.15, 0.2) is 0 Å². The number of amides is 1. The monoisotopic (exact) mass is 360 g/mol. The van der Waals surface area contributed by atoms with Gasteiger partial charge in [-0.05, 0) is 46.7 Å². The maximum absolute atomic E-state index is 12.4. The van der Waals surface area contributed by atoms with Crippen molar-refractivity contribution in [3.05, 3.63) is 59.5 Å². The SMILES string of the molecule is CC(=O)Nc1ccc(S(=O)(=O)NCc2csc3ccccc23)cc1. The summed E-state index contributed by atoms with van der Waals surface area (Å²) in [5, 5.41) is 5.63. The van der Waals surface area contributed by atoms with Crippen molar-refractivity contribution in [2.75, 3.05) is 5.32 Å². The zero-order valence-corrected chi connectivity index (χ0v) is 14.6. The minimum absolute atomic E-state index is 0.163. The van der Waals surface area contributed by atoms with E-state index in [0.29, 0.717) is 5.69 Å². The average Bonchev–Trinajstić information content (AvgIpc) is 2.96. The Hall–Kier alpha value is -2.22. The number of sulfonamides is 1. The highest BCUT2D eigenvalue weighted by atomic mass is 32.2. The van der Waals surface area contributed by atoms with Crippen LogP contribution in [0.3, 0.4) is 0 Å². The molecule has 2 aromatic carbocycles. The molecular weight excluding hydrogens is 344 g/mol. The van der Waals surface area contributed by atoms with Crippen LogP contribution >= 0.6 is 11.3 Å². The molecule has 7 heteroatoms. The van der Waals surface area contributed by atoms with Gasteiger partial charge in [0.1, 0.15) is 0 Å². The lowest BCUT2D eigenvalue weighted by Crippen LogP contribution is -2.23. The second kappa shape index (κ2) is 6.72. The Balaban J connectivity index is 1.75. The van der Waals surface area contributed by atoms with Crippen LogP contribution in [0.25, 0.3) is 10.1 Å². The molecule has 0 radical (unpaired) electrons. The van der Waals surface area contributed by atoms with Gasteiger partial charge in [-0.1, -0.05) is 18.2 Å². The summed E-state index contributed by atoms with van der Waals surface area (Å²) < 4.78 is 28.6. The molecule has 2 N–H and O–H groups in total. The van der Waals surface area contributed by atoms with Crippen molar-refractivity contribution in [3.8, 4) is 0 Å². The first kappa shape index (κ1) is 16.6. The van der Waals surface area contributed by atoms with Crippen LogP contribution in [-0.2, 0) is 21.4 Å². The molecule has 0 aliphatic carbocycles. The second-order valence-corrected chi connectivity index (χ2v) is 7.97. The molecule has 0 saturated carbocycles. The van der Waals surface area contributed by atoms with Crippen molar-refractivity contribution < 1.29 is 13.2 Å². The van der Waals surface area contributed by atoms with Crippen molar-refractivity contribution in [1.29, 1.82) is 0 Å². The summed E-state index contributed by atoms with van der Waals surface area (Å²) in [5.41, 5.74) is 1.51. The van der Waals surface area contributed by atoms with E-state index in [1.165, 1.54) is 19.1 Å². The van der Waals surface area contributed by atoms with Gasteiger partial charge in [0.25, 0.3) is 0 Å². The van der Waals surface area contributed by atoms with Gasteiger partial charge in [-0.25, -0.2) is 13.1 Å². The molecule has 0 spiro atoms. The largest absolute Gasteiger partial charge is 0.326 e. The quantitative estimate of drug-likeness (QED) is 0.733. The van der Waals surface area contributed by atoms with Crippen molar-refractivity contribution in [2.45, 2.75) is 18.4 Å². The Morgan fingerprint density at radius 3 is 2.50 bits per heavy atom. The summed E-state index contributed by atoms with van der Waals surface area (Å²) in [6.07, 6.45) is 0. The molecule has 0 aliphatic heterocycles. The second-order valence-electron chi connectivity index (χ2n) is 5.29. The van der Waals surface area contributed by atoms with E-state index < -0.39 is 10.0 Å². The van der Waals surface area contributed by atoms with Gasteiger partial charge in [-0.3, -0.25) is 4.79 Å². The molecule has 3 aromatic rings. The third kappa shape index (κ3) is 3.64. The van der Waals surface area contributed by atoms with Crippen molar-refractivity contribution in [3.63, 3.8) is 0 Å². The highest BCUT2D eigenvalue weighted by Crippen LogP contribution is 2.25. The van der Waals surface area contributed by atoms with E-state index in [4.69, 9.17) is 0 Å². The van der Waals surface area contributed by atoms with Crippen LogP contribution in [0.2, 0.25) is 0 Å². The first-order valence-electron chi connectivity index (χ1n) is 7.28. The fourth-order valence-electron chi connectivity index (χ4n) is 2.35.